The van der Waals surface area contributed by atoms with Crippen LogP contribution in [-0.2, 0) is 9.53 Å². The Bertz CT molecular complexity index is 206. The minimum absolute atomic E-state index is 0.0543. The summed E-state index contributed by atoms with van der Waals surface area (Å²) in [5.41, 5.74) is -0.0543. The van der Waals surface area contributed by atoms with E-state index in [1.54, 1.807) is 0 Å². The number of hydrogen-bond acceptors (Lipinski definition) is 2. The van der Waals surface area contributed by atoms with Gasteiger partial charge in [-0.25, -0.2) is 0 Å². The highest BCUT2D eigenvalue weighted by molar-refractivity contribution is 5.70. The maximum absolute atomic E-state index is 10.8. The topological polar surface area (TPSA) is 46.5 Å². The molecule has 0 aromatic rings. The van der Waals surface area contributed by atoms with Crippen LogP contribution in [0.4, 0.5) is 0 Å². The van der Waals surface area contributed by atoms with Crippen LogP contribution >= 0.6 is 0 Å². The van der Waals surface area contributed by atoms with Crippen LogP contribution in [0.3, 0.4) is 0 Å². The van der Waals surface area contributed by atoms with Crippen molar-refractivity contribution < 1.29 is 14.6 Å². The summed E-state index contributed by atoms with van der Waals surface area (Å²) in [4.78, 5) is 10.8. The van der Waals surface area contributed by atoms with Gasteiger partial charge in [0.25, 0.3) is 0 Å². The van der Waals surface area contributed by atoms with Gasteiger partial charge in [-0.15, -0.1) is 0 Å². The summed E-state index contributed by atoms with van der Waals surface area (Å²) < 4.78 is 5.74. The predicted molar refractivity (Wildman–Crippen MR) is 47.5 cm³/mol. The molecule has 74 valence electrons. The van der Waals surface area contributed by atoms with Crippen LogP contribution in [0.2, 0.25) is 0 Å². The van der Waals surface area contributed by atoms with E-state index in [9.17, 15) is 4.79 Å². The van der Waals surface area contributed by atoms with Gasteiger partial charge >= 0.3 is 5.97 Å². The molecule has 0 aromatic heterocycles. The summed E-state index contributed by atoms with van der Waals surface area (Å²) >= 11 is 0. The van der Waals surface area contributed by atoms with Gasteiger partial charge in [0.1, 0.15) is 0 Å². The first-order valence-electron chi connectivity index (χ1n) is 5.09. The first-order chi connectivity index (χ1) is 6.22. The van der Waals surface area contributed by atoms with E-state index < -0.39 is 5.97 Å². The Hall–Kier alpha value is -0.570. The second-order valence-corrected chi connectivity index (χ2v) is 4.27. The first kappa shape index (κ1) is 9.00. The summed E-state index contributed by atoms with van der Waals surface area (Å²) in [6.45, 7) is 0.636. The standard InChI is InChI=1S/C10H16O3/c11-9(12)8-3-6-13-10(7-8)4-1-2-5-10/h8H,1-7H2,(H,11,12)/t8-/m1/s1. The Morgan fingerprint density at radius 2 is 2.08 bits per heavy atom. The Kier molecular flexibility index (Phi) is 2.28. The smallest absolute Gasteiger partial charge is 0.306 e. The zero-order valence-corrected chi connectivity index (χ0v) is 7.79. The fourth-order valence-corrected chi connectivity index (χ4v) is 2.61. The first-order valence-corrected chi connectivity index (χ1v) is 5.09. The Morgan fingerprint density at radius 3 is 2.69 bits per heavy atom. The Morgan fingerprint density at radius 1 is 1.38 bits per heavy atom. The summed E-state index contributed by atoms with van der Waals surface area (Å²) in [6, 6.07) is 0. The molecule has 1 N–H and O–H groups in total. The lowest BCUT2D eigenvalue weighted by Gasteiger charge is -2.36. The van der Waals surface area contributed by atoms with E-state index >= 15 is 0 Å². The van der Waals surface area contributed by atoms with Crippen LogP contribution in [0.15, 0.2) is 0 Å². The summed E-state index contributed by atoms with van der Waals surface area (Å²) in [6.07, 6.45) is 5.96. The number of rotatable bonds is 1. The molecule has 0 bridgehead atoms. The lowest BCUT2D eigenvalue weighted by Crippen LogP contribution is -2.39. The van der Waals surface area contributed by atoms with Gasteiger partial charge in [-0.05, 0) is 25.7 Å². The largest absolute Gasteiger partial charge is 0.481 e. The van der Waals surface area contributed by atoms with Gasteiger partial charge in [-0.2, -0.15) is 0 Å². The SMILES string of the molecule is O=C(O)[C@@H]1CCOC2(CCCC2)C1. The zero-order valence-electron chi connectivity index (χ0n) is 7.79. The van der Waals surface area contributed by atoms with E-state index in [0.29, 0.717) is 13.0 Å². The lowest BCUT2D eigenvalue weighted by atomic mass is 9.85. The van der Waals surface area contributed by atoms with Crippen molar-refractivity contribution in [3.05, 3.63) is 0 Å². The number of aliphatic carboxylic acids is 1. The van der Waals surface area contributed by atoms with Gasteiger partial charge < -0.3 is 9.84 Å². The van der Waals surface area contributed by atoms with Gasteiger partial charge in [0, 0.05) is 6.61 Å². The molecule has 2 aliphatic rings. The van der Waals surface area contributed by atoms with E-state index in [0.717, 1.165) is 19.3 Å². The van der Waals surface area contributed by atoms with E-state index in [4.69, 9.17) is 9.84 Å². The number of carboxylic acid groups (broad SMARTS) is 1. The lowest BCUT2D eigenvalue weighted by molar-refractivity contribution is -0.154. The molecule has 1 aliphatic heterocycles. The highest BCUT2D eigenvalue weighted by Crippen LogP contribution is 2.41. The van der Waals surface area contributed by atoms with E-state index in [1.807, 2.05) is 0 Å². The van der Waals surface area contributed by atoms with Crippen molar-refractivity contribution in [1.29, 1.82) is 0 Å². The highest BCUT2D eigenvalue weighted by Gasteiger charge is 2.41. The Balaban J connectivity index is 2.02. The number of hydrogen-bond donors (Lipinski definition) is 1. The van der Waals surface area contributed by atoms with Crippen LogP contribution in [0.25, 0.3) is 0 Å². The van der Waals surface area contributed by atoms with Crippen molar-refractivity contribution >= 4 is 5.97 Å². The third-order valence-electron chi connectivity index (χ3n) is 3.36. The van der Waals surface area contributed by atoms with Gasteiger partial charge in [0.2, 0.25) is 0 Å². The minimum atomic E-state index is -0.644. The molecule has 1 saturated heterocycles. The molecule has 1 atom stereocenters. The Labute approximate surface area is 78.1 Å². The monoisotopic (exact) mass is 184 g/mol. The van der Waals surface area contributed by atoms with Crippen molar-refractivity contribution in [2.24, 2.45) is 5.92 Å². The van der Waals surface area contributed by atoms with E-state index in [2.05, 4.69) is 0 Å². The van der Waals surface area contributed by atoms with Crippen LogP contribution in [-0.4, -0.2) is 23.3 Å². The molecule has 0 radical (unpaired) electrons. The molecular weight excluding hydrogens is 168 g/mol. The second-order valence-electron chi connectivity index (χ2n) is 4.27. The molecule has 1 saturated carbocycles. The average Bonchev–Trinajstić information content (AvgIpc) is 2.53. The third-order valence-corrected chi connectivity index (χ3v) is 3.36. The predicted octanol–water partition coefficient (Wildman–Crippen LogP) is 1.81. The summed E-state index contributed by atoms with van der Waals surface area (Å²) in [5.74, 6) is -0.804. The zero-order chi connectivity index (χ0) is 9.31. The van der Waals surface area contributed by atoms with Crippen molar-refractivity contribution in [2.75, 3.05) is 6.61 Å². The summed E-state index contributed by atoms with van der Waals surface area (Å²) in [5, 5.41) is 8.93. The van der Waals surface area contributed by atoms with Crippen molar-refractivity contribution in [2.45, 2.75) is 44.1 Å². The van der Waals surface area contributed by atoms with Gasteiger partial charge in [-0.3, -0.25) is 4.79 Å². The van der Waals surface area contributed by atoms with Gasteiger partial charge in [-0.1, -0.05) is 12.8 Å². The maximum Gasteiger partial charge on any atom is 0.306 e. The van der Waals surface area contributed by atoms with Crippen molar-refractivity contribution in [3.8, 4) is 0 Å². The minimum Gasteiger partial charge on any atom is -0.481 e. The third kappa shape index (κ3) is 1.70. The van der Waals surface area contributed by atoms with Crippen molar-refractivity contribution in [1.82, 2.24) is 0 Å². The van der Waals surface area contributed by atoms with Gasteiger partial charge in [0.15, 0.2) is 0 Å². The normalized spacial score (nSPS) is 32.2. The number of ether oxygens (including phenoxy) is 1. The molecule has 1 spiro atoms. The maximum atomic E-state index is 10.8. The second kappa shape index (κ2) is 3.29. The van der Waals surface area contributed by atoms with Crippen LogP contribution in [0.5, 0.6) is 0 Å². The molecule has 1 aliphatic carbocycles. The molecule has 2 rings (SSSR count). The fourth-order valence-electron chi connectivity index (χ4n) is 2.61. The van der Waals surface area contributed by atoms with E-state index in [-0.39, 0.29) is 11.5 Å². The van der Waals surface area contributed by atoms with Crippen LogP contribution in [0.1, 0.15) is 38.5 Å². The number of carbonyl (C=O) groups is 1. The molecule has 0 amide bonds. The fraction of sp³-hybridized carbons (Fsp3) is 0.900. The highest BCUT2D eigenvalue weighted by atomic mass is 16.5. The molecule has 3 nitrogen and oxygen atoms in total. The van der Waals surface area contributed by atoms with Gasteiger partial charge in [0.05, 0.1) is 11.5 Å². The molecule has 1 heterocycles. The average molecular weight is 184 g/mol. The van der Waals surface area contributed by atoms with Crippen LogP contribution in [0, 0.1) is 5.92 Å². The molecular formula is C10H16O3. The molecule has 0 aromatic carbocycles. The molecule has 3 heteroatoms. The van der Waals surface area contributed by atoms with E-state index in [1.165, 1.54) is 12.8 Å². The summed E-state index contributed by atoms with van der Waals surface area (Å²) in [7, 11) is 0. The van der Waals surface area contributed by atoms with Crippen LogP contribution < -0.4 is 0 Å². The molecule has 2 fully saturated rings. The molecule has 13 heavy (non-hydrogen) atoms. The quantitative estimate of drug-likeness (QED) is 0.676. The molecule has 0 unspecified atom stereocenters. The number of carboxylic acids is 1. The van der Waals surface area contributed by atoms with Crippen molar-refractivity contribution in [3.63, 3.8) is 0 Å².